The van der Waals surface area contributed by atoms with Crippen molar-refractivity contribution in [2.24, 2.45) is 11.3 Å². The molecule has 11 heteroatoms. The van der Waals surface area contributed by atoms with Crippen molar-refractivity contribution in [1.82, 2.24) is 0 Å². The quantitative estimate of drug-likeness (QED) is 0.497. The summed E-state index contributed by atoms with van der Waals surface area (Å²) in [5.74, 6) is -1.52. The lowest BCUT2D eigenvalue weighted by Crippen LogP contribution is -2.37. The Labute approximate surface area is 230 Å². The van der Waals surface area contributed by atoms with Gasteiger partial charge >= 0.3 is 12.1 Å². The molecule has 1 saturated heterocycles. The third kappa shape index (κ3) is 8.12. The second-order valence-corrected chi connectivity index (χ2v) is 10.1. The summed E-state index contributed by atoms with van der Waals surface area (Å²) >= 11 is 0. The second kappa shape index (κ2) is 13.1. The Hall–Kier alpha value is -3.76. The average molecular weight is 565 g/mol. The predicted molar refractivity (Wildman–Crippen MR) is 138 cm³/mol. The number of nitrogens with zero attached hydrogens (tertiary/aromatic N) is 1. The lowest BCUT2D eigenvalue weighted by molar-refractivity contribution is -0.344. The Balaban J connectivity index is 0.000000559. The second-order valence-electron chi connectivity index (χ2n) is 10.1. The molecule has 1 aliphatic heterocycles. The number of alkyl halides is 3. The monoisotopic (exact) mass is 564 g/mol. The van der Waals surface area contributed by atoms with E-state index < -0.39 is 18.1 Å². The maximum Gasteiger partial charge on any atom is 0.430 e. The van der Waals surface area contributed by atoms with Crippen LogP contribution in [0.15, 0.2) is 42.5 Å². The van der Waals surface area contributed by atoms with E-state index >= 15 is 0 Å². The number of hydrogen-bond acceptors (Lipinski definition) is 6. The molecule has 1 aliphatic carbocycles. The van der Waals surface area contributed by atoms with Crippen molar-refractivity contribution in [2.75, 3.05) is 24.7 Å². The zero-order valence-electron chi connectivity index (χ0n) is 22.5. The number of hydrogen-bond donors (Lipinski definition) is 1. The smallest absolute Gasteiger partial charge is 0.430 e. The van der Waals surface area contributed by atoms with Crippen LogP contribution in [0.1, 0.15) is 61.9 Å². The Bertz CT molecular complexity index is 1160. The number of aromatic carboxylic acids is 1. The van der Waals surface area contributed by atoms with Crippen LogP contribution >= 0.6 is 0 Å². The fraction of sp³-hybridized carbons (Fsp3) is 0.483. The molecular formula is C29H33F3NO7-. The van der Waals surface area contributed by atoms with Crippen LogP contribution in [0.25, 0.3) is 0 Å². The number of carboxylic acids is 2. The van der Waals surface area contributed by atoms with Gasteiger partial charge in [0.2, 0.25) is 5.91 Å². The average Bonchev–Trinajstić information content (AvgIpc) is 3.21. The highest BCUT2D eigenvalue weighted by molar-refractivity contribution is 5.97. The van der Waals surface area contributed by atoms with Gasteiger partial charge in [-0.3, -0.25) is 4.79 Å². The maximum atomic E-state index is 12.8. The first-order valence-corrected chi connectivity index (χ1v) is 13.2. The summed E-state index contributed by atoms with van der Waals surface area (Å²) in [5, 5.41) is 17.9. The van der Waals surface area contributed by atoms with Crippen LogP contribution in [0, 0.1) is 11.3 Å². The first kappa shape index (κ1) is 30.8. The SMILES string of the molecule is CCOc1cc(CC2CCC3(CC2)CC(=O)N(c2ccc(C(=O)O)cc2)C3)cc(OCC)c1.O=C([O-])C(F)(F)F. The molecule has 4 rings (SSSR count). The van der Waals surface area contributed by atoms with E-state index in [1.54, 1.807) is 24.3 Å². The number of halogens is 3. The predicted octanol–water partition coefficient (Wildman–Crippen LogP) is 4.64. The van der Waals surface area contributed by atoms with Gasteiger partial charge in [-0.1, -0.05) is 0 Å². The molecule has 1 heterocycles. The number of anilines is 1. The fourth-order valence-electron chi connectivity index (χ4n) is 5.33. The highest BCUT2D eigenvalue weighted by Crippen LogP contribution is 2.47. The summed E-state index contributed by atoms with van der Waals surface area (Å²) in [4.78, 5) is 34.6. The zero-order valence-corrected chi connectivity index (χ0v) is 22.5. The highest BCUT2D eigenvalue weighted by Gasteiger charge is 2.45. The van der Waals surface area contributed by atoms with E-state index in [1.807, 2.05) is 24.8 Å². The molecule has 218 valence electrons. The molecule has 2 fully saturated rings. The van der Waals surface area contributed by atoms with Gasteiger partial charge in [0.25, 0.3) is 0 Å². The van der Waals surface area contributed by atoms with Gasteiger partial charge in [-0.05, 0) is 99.2 Å². The minimum atomic E-state index is -5.19. The maximum absolute atomic E-state index is 12.8. The number of aliphatic carboxylic acids is 1. The lowest BCUT2D eigenvalue weighted by atomic mass is 9.69. The first-order valence-electron chi connectivity index (χ1n) is 13.2. The van der Waals surface area contributed by atoms with Gasteiger partial charge in [-0.2, -0.15) is 13.2 Å². The lowest BCUT2D eigenvalue weighted by Gasteiger charge is -2.36. The number of carboxylic acid groups (broad SMARTS) is 2. The molecule has 2 aromatic rings. The number of amides is 1. The summed E-state index contributed by atoms with van der Waals surface area (Å²) in [5.41, 5.74) is 2.30. The van der Waals surface area contributed by atoms with Crippen molar-refractivity contribution in [3.63, 3.8) is 0 Å². The van der Waals surface area contributed by atoms with Crippen molar-refractivity contribution in [1.29, 1.82) is 0 Å². The van der Waals surface area contributed by atoms with E-state index in [4.69, 9.17) is 24.5 Å². The third-order valence-electron chi connectivity index (χ3n) is 7.23. The Morgan fingerprint density at radius 3 is 2.00 bits per heavy atom. The number of rotatable bonds is 8. The molecule has 0 bridgehead atoms. The van der Waals surface area contributed by atoms with Gasteiger partial charge in [0.15, 0.2) is 0 Å². The molecular weight excluding hydrogens is 531 g/mol. The van der Waals surface area contributed by atoms with Crippen LogP contribution < -0.4 is 19.5 Å². The topological polar surface area (TPSA) is 116 Å². The summed E-state index contributed by atoms with van der Waals surface area (Å²) < 4.78 is 43.0. The van der Waals surface area contributed by atoms with E-state index in [0.29, 0.717) is 25.6 Å². The molecule has 1 spiro atoms. The van der Waals surface area contributed by atoms with Gasteiger partial charge in [0.1, 0.15) is 17.5 Å². The fourth-order valence-corrected chi connectivity index (χ4v) is 5.33. The number of carbonyl (C=O) groups excluding carboxylic acids is 2. The van der Waals surface area contributed by atoms with Crippen LogP contribution in [0.5, 0.6) is 11.5 Å². The summed E-state index contributed by atoms with van der Waals surface area (Å²) in [6, 6.07) is 12.8. The van der Waals surface area contributed by atoms with Crippen LogP contribution in [0.3, 0.4) is 0 Å². The number of ether oxygens (including phenoxy) is 2. The molecule has 0 unspecified atom stereocenters. The third-order valence-corrected chi connectivity index (χ3v) is 7.23. The van der Waals surface area contributed by atoms with Crippen molar-refractivity contribution in [2.45, 2.75) is 58.5 Å². The highest BCUT2D eigenvalue weighted by atomic mass is 19.4. The Morgan fingerprint density at radius 2 is 1.55 bits per heavy atom. The van der Waals surface area contributed by atoms with E-state index in [-0.39, 0.29) is 16.9 Å². The molecule has 8 nitrogen and oxygen atoms in total. The van der Waals surface area contributed by atoms with E-state index in [0.717, 1.165) is 55.8 Å². The minimum absolute atomic E-state index is 0.0305. The van der Waals surface area contributed by atoms with Crippen LogP contribution in [-0.4, -0.2) is 48.9 Å². The molecule has 2 aromatic carbocycles. The van der Waals surface area contributed by atoms with Crippen molar-refractivity contribution >= 4 is 23.5 Å². The van der Waals surface area contributed by atoms with Crippen molar-refractivity contribution in [3.05, 3.63) is 53.6 Å². The van der Waals surface area contributed by atoms with Crippen molar-refractivity contribution < 1.29 is 47.2 Å². The van der Waals surface area contributed by atoms with Gasteiger partial charge in [0, 0.05) is 24.7 Å². The molecule has 1 N–H and O–H groups in total. The summed E-state index contributed by atoms with van der Waals surface area (Å²) in [6.07, 6.45) is 0.650. The Morgan fingerprint density at radius 1 is 1.02 bits per heavy atom. The molecule has 1 saturated carbocycles. The molecule has 40 heavy (non-hydrogen) atoms. The normalized spacial score (nSPS) is 20.6. The van der Waals surface area contributed by atoms with Crippen molar-refractivity contribution in [3.8, 4) is 11.5 Å². The molecule has 0 aromatic heterocycles. The molecule has 2 aliphatic rings. The van der Waals surface area contributed by atoms with E-state index in [2.05, 4.69) is 12.1 Å². The summed E-state index contributed by atoms with van der Waals surface area (Å²) in [6.45, 7) is 5.95. The van der Waals surface area contributed by atoms with Crippen LogP contribution in [0.4, 0.5) is 18.9 Å². The van der Waals surface area contributed by atoms with Crippen LogP contribution in [-0.2, 0) is 16.0 Å². The molecule has 0 radical (unpaired) electrons. The van der Waals surface area contributed by atoms with Gasteiger partial charge in [-0.15, -0.1) is 0 Å². The number of carbonyl (C=O) groups is 3. The minimum Gasteiger partial charge on any atom is -0.542 e. The van der Waals surface area contributed by atoms with E-state index in [9.17, 15) is 22.8 Å². The van der Waals surface area contributed by atoms with Gasteiger partial charge in [0.05, 0.1) is 18.8 Å². The summed E-state index contributed by atoms with van der Waals surface area (Å²) in [7, 11) is 0. The Kier molecular flexibility index (Phi) is 10.1. The van der Waals surface area contributed by atoms with Gasteiger partial charge in [-0.25, -0.2) is 4.79 Å². The molecule has 0 atom stereocenters. The largest absolute Gasteiger partial charge is 0.542 e. The van der Waals surface area contributed by atoms with E-state index in [1.165, 1.54) is 5.56 Å². The number of benzene rings is 2. The molecule has 1 amide bonds. The first-order chi connectivity index (χ1) is 18.9. The van der Waals surface area contributed by atoms with Crippen LogP contribution in [0.2, 0.25) is 0 Å². The standard InChI is InChI=1S/C27H33NO5.C2HF3O2/c1-3-32-23-14-20(15-24(16-23)33-4-2)13-19-9-11-27(12-10-19)17-25(29)28(18-27)22-7-5-21(6-8-22)26(30)31;3-2(4,5)1(6)7/h5-8,14-16,19H,3-4,9-13,17-18H2,1-2H3,(H,30,31);(H,6,7)/p-1. The van der Waals surface area contributed by atoms with Gasteiger partial charge < -0.3 is 29.4 Å². The zero-order chi connectivity index (χ0) is 29.5.